The largest absolute Gasteiger partial charge is 0.255 e. The summed E-state index contributed by atoms with van der Waals surface area (Å²) in [6.45, 7) is 4.35. The van der Waals surface area contributed by atoms with Crippen LogP contribution in [0, 0.1) is 13.8 Å². The van der Waals surface area contributed by atoms with E-state index in [0.717, 1.165) is 11.4 Å². The first-order valence-electron chi connectivity index (χ1n) is 6.95. The second-order valence-electron chi connectivity index (χ2n) is 5.02. The minimum absolute atomic E-state index is 0.643. The summed E-state index contributed by atoms with van der Waals surface area (Å²) in [5.41, 5.74) is 4.56. The third kappa shape index (κ3) is 3.08. The Bertz CT molecular complexity index is 737. The molecule has 0 aliphatic heterocycles. The van der Waals surface area contributed by atoms with E-state index >= 15 is 0 Å². The maximum atomic E-state index is 4.54. The highest BCUT2D eigenvalue weighted by Gasteiger charge is 2.05. The van der Waals surface area contributed by atoms with Crippen LogP contribution in [0.4, 0.5) is 0 Å². The van der Waals surface area contributed by atoms with Crippen LogP contribution in [0.3, 0.4) is 0 Å². The lowest BCUT2D eigenvalue weighted by molar-refractivity contribution is 1.25. The highest BCUT2D eigenvalue weighted by Crippen LogP contribution is 2.10. The van der Waals surface area contributed by atoms with Crippen molar-refractivity contribution in [1.29, 1.82) is 0 Å². The van der Waals surface area contributed by atoms with Crippen molar-refractivity contribution in [1.82, 2.24) is 9.97 Å². The molecule has 2 aromatic heterocycles. The average Bonchev–Trinajstić information content (AvgIpc) is 2.53. The number of hydrogen-bond donors (Lipinski definition) is 0. The smallest absolute Gasteiger partial charge is 0.124 e. The van der Waals surface area contributed by atoms with Gasteiger partial charge in [0.05, 0.1) is 11.4 Å². The summed E-state index contributed by atoms with van der Waals surface area (Å²) >= 11 is 0. The lowest BCUT2D eigenvalue weighted by Crippen LogP contribution is -2.29. The SMILES string of the molecule is Cc1cccc([Si]c2ccc(-c3ccccn3)nc2)c1C. The normalized spacial score (nSPS) is 10.6. The minimum Gasteiger partial charge on any atom is -0.255 e. The summed E-state index contributed by atoms with van der Waals surface area (Å²) in [5.74, 6) is 0. The summed E-state index contributed by atoms with van der Waals surface area (Å²) < 4.78 is 0. The van der Waals surface area contributed by atoms with E-state index in [2.05, 4.69) is 54.1 Å². The Morgan fingerprint density at radius 1 is 0.810 bits per heavy atom. The van der Waals surface area contributed by atoms with E-state index in [0.29, 0.717) is 9.52 Å². The van der Waals surface area contributed by atoms with E-state index in [1.54, 1.807) is 6.20 Å². The number of benzene rings is 1. The maximum absolute atomic E-state index is 4.54. The van der Waals surface area contributed by atoms with Crippen LogP contribution < -0.4 is 10.4 Å². The number of pyridine rings is 2. The standard InChI is InChI=1S/C18H16N2Si/c1-13-6-5-8-18(14(13)2)21-15-9-10-17(20-12-15)16-7-3-4-11-19-16/h3-12H,1-2H3. The molecular weight excluding hydrogens is 272 g/mol. The van der Waals surface area contributed by atoms with Gasteiger partial charge in [-0.3, -0.25) is 9.97 Å². The molecule has 3 aromatic rings. The van der Waals surface area contributed by atoms with E-state index in [1.807, 2.05) is 24.4 Å². The van der Waals surface area contributed by atoms with Gasteiger partial charge in [0.15, 0.2) is 0 Å². The third-order valence-electron chi connectivity index (χ3n) is 3.57. The highest BCUT2D eigenvalue weighted by atomic mass is 28.2. The summed E-state index contributed by atoms with van der Waals surface area (Å²) in [5, 5.41) is 2.64. The van der Waals surface area contributed by atoms with Gasteiger partial charge in [0.2, 0.25) is 0 Å². The molecule has 1 aromatic carbocycles. The van der Waals surface area contributed by atoms with Gasteiger partial charge in [0, 0.05) is 12.4 Å². The van der Waals surface area contributed by atoms with Crippen molar-refractivity contribution in [3.05, 3.63) is 72.1 Å². The molecule has 0 aliphatic rings. The Morgan fingerprint density at radius 3 is 2.38 bits per heavy atom. The Morgan fingerprint density at radius 2 is 1.67 bits per heavy atom. The molecule has 0 atom stereocenters. The van der Waals surface area contributed by atoms with Gasteiger partial charge in [0.25, 0.3) is 0 Å². The van der Waals surface area contributed by atoms with Crippen LogP contribution in [-0.4, -0.2) is 19.5 Å². The van der Waals surface area contributed by atoms with Crippen LogP contribution in [0.25, 0.3) is 11.4 Å². The molecule has 0 saturated carbocycles. The topological polar surface area (TPSA) is 25.8 Å². The molecule has 0 amide bonds. The van der Waals surface area contributed by atoms with Crippen LogP contribution in [0.1, 0.15) is 11.1 Å². The Hall–Kier alpha value is -2.26. The first-order valence-corrected chi connectivity index (χ1v) is 7.95. The van der Waals surface area contributed by atoms with Gasteiger partial charge < -0.3 is 0 Å². The fourth-order valence-electron chi connectivity index (χ4n) is 2.18. The van der Waals surface area contributed by atoms with E-state index in [-0.39, 0.29) is 0 Å². The number of aromatic nitrogens is 2. The lowest BCUT2D eigenvalue weighted by Gasteiger charge is -2.08. The molecule has 2 heterocycles. The zero-order valence-corrected chi connectivity index (χ0v) is 13.2. The van der Waals surface area contributed by atoms with Crippen molar-refractivity contribution in [2.75, 3.05) is 0 Å². The molecular formula is C18H16N2Si. The molecule has 2 nitrogen and oxygen atoms in total. The summed E-state index contributed by atoms with van der Waals surface area (Å²) in [6, 6.07) is 16.6. The molecule has 21 heavy (non-hydrogen) atoms. The Labute approximate surface area is 127 Å². The predicted molar refractivity (Wildman–Crippen MR) is 88.4 cm³/mol. The van der Waals surface area contributed by atoms with E-state index in [9.17, 15) is 0 Å². The molecule has 0 bridgehead atoms. The van der Waals surface area contributed by atoms with Crippen LogP contribution in [-0.2, 0) is 0 Å². The number of nitrogens with zero attached hydrogens (tertiary/aromatic N) is 2. The van der Waals surface area contributed by atoms with E-state index < -0.39 is 0 Å². The first-order chi connectivity index (χ1) is 10.2. The van der Waals surface area contributed by atoms with Gasteiger partial charge >= 0.3 is 0 Å². The van der Waals surface area contributed by atoms with Crippen LogP contribution in [0.15, 0.2) is 60.9 Å². The van der Waals surface area contributed by atoms with Gasteiger partial charge in [-0.1, -0.05) is 35.5 Å². The first kappa shape index (κ1) is 13.7. The van der Waals surface area contributed by atoms with Gasteiger partial charge in [0.1, 0.15) is 9.52 Å². The van der Waals surface area contributed by atoms with Crippen LogP contribution in [0.5, 0.6) is 0 Å². The monoisotopic (exact) mass is 288 g/mol. The van der Waals surface area contributed by atoms with Gasteiger partial charge in [-0.2, -0.15) is 0 Å². The van der Waals surface area contributed by atoms with Gasteiger partial charge in [-0.05, 0) is 48.4 Å². The fraction of sp³-hybridized carbons (Fsp3) is 0.111. The quantitative estimate of drug-likeness (QED) is 0.692. The third-order valence-corrected chi connectivity index (χ3v) is 4.97. The zero-order valence-electron chi connectivity index (χ0n) is 12.2. The lowest BCUT2D eigenvalue weighted by atomic mass is 10.1. The number of aryl methyl sites for hydroxylation is 1. The molecule has 102 valence electrons. The van der Waals surface area contributed by atoms with Crippen molar-refractivity contribution in [3.8, 4) is 11.4 Å². The molecule has 0 aliphatic carbocycles. The summed E-state index contributed by atoms with van der Waals surface area (Å²) in [4.78, 5) is 8.87. The zero-order chi connectivity index (χ0) is 14.7. The number of hydrogen-bond acceptors (Lipinski definition) is 2. The molecule has 0 spiro atoms. The summed E-state index contributed by atoms with van der Waals surface area (Å²) in [7, 11) is 0.643. The molecule has 3 rings (SSSR count). The number of rotatable bonds is 3. The van der Waals surface area contributed by atoms with Crippen molar-refractivity contribution in [3.63, 3.8) is 0 Å². The molecule has 0 unspecified atom stereocenters. The van der Waals surface area contributed by atoms with Crippen LogP contribution in [0.2, 0.25) is 0 Å². The molecule has 0 fully saturated rings. The van der Waals surface area contributed by atoms with E-state index in [1.165, 1.54) is 21.5 Å². The molecule has 0 saturated heterocycles. The summed E-state index contributed by atoms with van der Waals surface area (Å²) in [6.07, 6.45) is 3.76. The Kier molecular flexibility index (Phi) is 3.93. The van der Waals surface area contributed by atoms with Crippen molar-refractivity contribution in [2.45, 2.75) is 13.8 Å². The van der Waals surface area contributed by atoms with Crippen LogP contribution >= 0.6 is 0 Å². The molecule has 2 radical (unpaired) electrons. The molecule has 0 N–H and O–H groups in total. The highest BCUT2D eigenvalue weighted by molar-refractivity contribution is 6.67. The van der Waals surface area contributed by atoms with Gasteiger partial charge in [-0.25, -0.2) is 0 Å². The average molecular weight is 288 g/mol. The van der Waals surface area contributed by atoms with Crippen molar-refractivity contribution < 1.29 is 0 Å². The molecule has 3 heteroatoms. The van der Waals surface area contributed by atoms with Crippen molar-refractivity contribution >= 4 is 19.9 Å². The second-order valence-corrected chi connectivity index (χ2v) is 6.39. The minimum atomic E-state index is 0.643. The predicted octanol–water partition coefficient (Wildman–Crippen LogP) is 2.42. The fourth-order valence-corrected chi connectivity index (χ4v) is 3.35. The second kappa shape index (κ2) is 6.02. The van der Waals surface area contributed by atoms with E-state index in [4.69, 9.17) is 0 Å². The van der Waals surface area contributed by atoms with Gasteiger partial charge in [-0.15, -0.1) is 0 Å². The maximum Gasteiger partial charge on any atom is 0.124 e. The Balaban J connectivity index is 1.83. The van der Waals surface area contributed by atoms with Crippen molar-refractivity contribution in [2.24, 2.45) is 0 Å².